The molecular weight excluding hydrogens is 354 g/mol. The van der Waals surface area contributed by atoms with Crippen molar-refractivity contribution in [2.24, 2.45) is 0 Å². The van der Waals surface area contributed by atoms with E-state index in [2.05, 4.69) is 35.8 Å². The van der Waals surface area contributed by atoms with Gasteiger partial charge < -0.3 is 4.90 Å². The van der Waals surface area contributed by atoms with Gasteiger partial charge in [-0.3, -0.25) is 0 Å². The Labute approximate surface area is 171 Å². The summed E-state index contributed by atoms with van der Waals surface area (Å²) in [4.78, 5) is 2.03. The van der Waals surface area contributed by atoms with Gasteiger partial charge in [0.15, 0.2) is 0 Å². The third-order valence-corrected chi connectivity index (χ3v) is 4.25. The van der Waals surface area contributed by atoms with Crippen LogP contribution in [0.2, 0.25) is 0 Å². The molecule has 29 heavy (non-hydrogen) atoms. The van der Waals surface area contributed by atoms with Gasteiger partial charge >= 0.3 is 0 Å². The maximum atomic E-state index is 9.49. The van der Waals surface area contributed by atoms with Gasteiger partial charge in [-0.25, -0.2) is 0 Å². The average Bonchev–Trinajstić information content (AvgIpc) is 2.76. The molecule has 0 aromatic heterocycles. The lowest BCUT2D eigenvalue weighted by Gasteiger charge is -2.11. The summed E-state index contributed by atoms with van der Waals surface area (Å²) in [6.07, 6.45) is 0. The largest absolute Gasteiger partial charge is 0.378 e. The SMILES string of the molecule is CN(C)c1ccc(C#Cc2ccc(C#Cc3ccccc3C#N)cc2C#N)cc1. The van der Waals surface area contributed by atoms with Crippen LogP contribution in [0.1, 0.15) is 33.4 Å². The van der Waals surface area contributed by atoms with Gasteiger partial charge in [-0.1, -0.05) is 35.8 Å². The van der Waals surface area contributed by atoms with Crippen molar-refractivity contribution in [1.82, 2.24) is 0 Å². The van der Waals surface area contributed by atoms with Gasteiger partial charge in [0.1, 0.15) is 12.1 Å². The van der Waals surface area contributed by atoms with E-state index in [0.29, 0.717) is 27.8 Å². The molecule has 0 saturated carbocycles. The van der Waals surface area contributed by atoms with Crippen molar-refractivity contribution in [3.8, 4) is 35.8 Å². The van der Waals surface area contributed by atoms with Gasteiger partial charge in [0.2, 0.25) is 0 Å². The topological polar surface area (TPSA) is 50.8 Å². The molecule has 0 saturated heterocycles. The molecule has 136 valence electrons. The molecule has 0 radical (unpaired) electrons. The Kier molecular flexibility index (Phi) is 5.98. The van der Waals surface area contributed by atoms with Crippen molar-refractivity contribution < 1.29 is 0 Å². The molecule has 0 atom stereocenters. The molecule has 0 aliphatic carbocycles. The Balaban J connectivity index is 1.87. The molecule has 0 spiro atoms. The molecule has 0 aliphatic heterocycles. The Bertz CT molecular complexity index is 1250. The summed E-state index contributed by atoms with van der Waals surface area (Å²) in [6.45, 7) is 0. The molecule has 3 aromatic rings. The molecule has 3 aromatic carbocycles. The van der Waals surface area contributed by atoms with Gasteiger partial charge in [-0.05, 0) is 54.6 Å². The summed E-state index contributed by atoms with van der Waals surface area (Å²) in [6, 6.07) is 24.8. The zero-order valence-electron chi connectivity index (χ0n) is 16.2. The molecular formula is C26H17N3. The van der Waals surface area contributed by atoms with Gasteiger partial charge in [-0.15, -0.1) is 0 Å². The summed E-state index contributed by atoms with van der Waals surface area (Å²) in [5.74, 6) is 12.2. The number of rotatable bonds is 1. The smallest absolute Gasteiger partial charge is 0.100 e. The Morgan fingerprint density at radius 1 is 0.586 bits per heavy atom. The maximum Gasteiger partial charge on any atom is 0.100 e. The fourth-order valence-electron chi connectivity index (χ4n) is 2.64. The highest BCUT2D eigenvalue weighted by Gasteiger charge is 2.01. The van der Waals surface area contributed by atoms with Crippen LogP contribution in [0.4, 0.5) is 5.69 Å². The number of nitriles is 2. The highest BCUT2D eigenvalue weighted by molar-refractivity contribution is 5.57. The molecule has 0 N–H and O–H groups in total. The van der Waals surface area contributed by atoms with Gasteiger partial charge in [-0.2, -0.15) is 10.5 Å². The third kappa shape index (κ3) is 4.84. The summed E-state index contributed by atoms with van der Waals surface area (Å²) in [5.41, 5.74) is 5.03. The van der Waals surface area contributed by atoms with E-state index in [4.69, 9.17) is 5.26 Å². The fourth-order valence-corrected chi connectivity index (χ4v) is 2.64. The average molecular weight is 371 g/mol. The first kappa shape index (κ1) is 19.3. The summed E-state index contributed by atoms with van der Waals surface area (Å²) in [5, 5.41) is 18.6. The lowest BCUT2D eigenvalue weighted by atomic mass is 10.0. The lowest BCUT2D eigenvalue weighted by Crippen LogP contribution is -2.07. The van der Waals surface area contributed by atoms with E-state index in [1.54, 1.807) is 30.3 Å². The number of anilines is 1. The second kappa shape index (κ2) is 8.97. The number of nitrogens with zero attached hydrogens (tertiary/aromatic N) is 3. The van der Waals surface area contributed by atoms with Gasteiger partial charge in [0, 0.05) is 42.0 Å². The lowest BCUT2D eigenvalue weighted by molar-refractivity contribution is 1.13. The van der Waals surface area contributed by atoms with E-state index < -0.39 is 0 Å². The van der Waals surface area contributed by atoms with Crippen LogP contribution in [-0.4, -0.2) is 14.1 Å². The number of hydrogen-bond donors (Lipinski definition) is 0. The summed E-state index contributed by atoms with van der Waals surface area (Å²) >= 11 is 0. The first-order chi connectivity index (χ1) is 14.1. The standard InChI is InChI=1S/C26H17N3/c1-29(2)26-15-10-20(11-16-26)7-12-23-14-9-21(17-25(23)19-28)8-13-22-5-3-4-6-24(22)18-27/h3-6,9-11,14-17H,1-2H3. The molecule has 3 rings (SSSR count). The van der Waals surface area contributed by atoms with Crippen LogP contribution in [-0.2, 0) is 0 Å². The minimum atomic E-state index is 0.475. The summed E-state index contributed by atoms with van der Waals surface area (Å²) < 4.78 is 0. The van der Waals surface area contributed by atoms with E-state index in [9.17, 15) is 5.26 Å². The van der Waals surface area contributed by atoms with E-state index in [0.717, 1.165) is 11.3 Å². The van der Waals surface area contributed by atoms with Crippen LogP contribution >= 0.6 is 0 Å². The van der Waals surface area contributed by atoms with Crippen LogP contribution in [0.5, 0.6) is 0 Å². The van der Waals surface area contributed by atoms with Gasteiger partial charge in [0.05, 0.1) is 11.1 Å². The molecule has 3 nitrogen and oxygen atoms in total. The van der Waals surface area contributed by atoms with E-state index in [-0.39, 0.29) is 0 Å². The quantitative estimate of drug-likeness (QED) is 0.600. The third-order valence-electron chi connectivity index (χ3n) is 4.25. The molecule has 0 fully saturated rings. The van der Waals surface area contributed by atoms with Crippen LogP contribution in [0, 0.1) is 46.3 Å². The van der Waals surface area contributed by atoms with Crippen molar-refractivity contribution >= 4 is 5.69 Å². The zero-order chi connectivity index (χ0) is 20.6. The number of hydrogen-bond acceptors (Lipinski definition) is 3. The molecule has 0 unspecified atom stereocenters. The molecule has 0 heterocycles. The van der Waals surface area contributed by atoms with Crippen LogP contribution in [0.3, 0.4) is 0 Å². The predicted molar refractivity (Wildman–Crippen MR) is 115 cm³/mol. The minimum Gasteiger partial charge on any atom is -0.378 e. The molecule has 0 aliphatic rings. The highest BCUT2D eigenvalue weighted by atomic mass is 15.1. The van der Waals surface area contributed by atoms with Crippen LogP contribution < -0.4 is 4.90 Å². The van der Waals surface area contributed by atoms with Crippen molar-refractivity contribution in [3.05, 3.63) is 100 Å². The highest BCUT2D eigenvalue weighted by Crippen LogP contribution is 2.13. The van der Waals surface area contributed by atoms with Crippen molar-refractivity contribution in [2.45, 2.75) is 0 Å². The van der Waals surface area contributed by atoms with E-state index in [1.165, 1.54) is 0 Å². The number of benzene rings is 3. The second-order valence-corrected chi connectivity index (χ2v) is 6.47. The fraction of sp³-hybridized carbons (Fsp3) is 0.0769. The molecule has 3 heteroatoms. The Morgan fingerprint density at radius 2 is 1.14 bits per heavy atom. The Morgan fingerprint density at radius 3 is 1.76 bits per heavy atom. The van der Waals surface area contributed by atoms with Crippen molar-refractivity contribution in [2.75, 3.05) is 19.0 Å². The summed E-state index contributed by atoms with van der Waals surface area (Å²) in [7, 11) is 3.98. The first-order valence-electron chi connectivity index (χ1n) is 8.95. The van der Waals surface area contributed by atoms with E-state index >= 15 is 0 Å². The first-order valence-corrected chi connectivity index (χ1v) is 8.95. The van der Waals surface area contributed by atoms with Crippen LogP contribution in [0.15, 0.2) is 66.7 Å². The zero-order valence-corrected chi connectivity index (χ0v) is 16.2. The maximum absolute atomic E-state index is 9.49. The monoisotopic (exact) mass is 371 g/mol. The normalized spacial score (nSPS) is 9.10. The Hall–Kier alpha value is -4.44. The van der Waals surface area contributed by atoms with E-state index in [1.807, 2.05) is 55.4 Å². The van der Waals surface area contributed by atoms with Crippen LogP contribution in [0.25, 0.3) is 0 Å². The predicted octanol–water partition coefficient (Wildman–Crippen LogP) is 4.30. The van der Waals surface area contributed by atoms with Gasteiger partial charge in [0.25, 0.3) is 0 Å². The van der Waals surface area contributed by atoms with Crippen molar-refractivity contribution in [3.63, 3.8) is 0 Å². The molecule has 0 amide bonds. The minimum absolute atomic E-state index is 0.475. The molecule has 0 bridgehead atoms. The van der Waals surface area contributed by atoms with Crippen molar-refractivity contribution in [1.29, 1.82) is 10.5 Å². The second-order valence-electron chi connectivity index (χ2n) is 6.47.